The third-order valence-electron chi connectivity index (χ3n) is 7.35. The van der Waals surface area contributed by atoms with Gasteiger partial charge in [0.15, 0.2) is 0 Å². The third-order valence-corrected chi connectivity index (χ3v) is 7.35. The van der Waals surface area contributed by atoms with E-state index in [1.807, 2.05) is 0 Å². The highest BCUT2D eigenvalue weighted by molar-refractivity contribution is 5.03. The zero-order chi connectivity index (χ0) is 14.9. The second kappa shape index (κ2) is 6.17. The molecule has 0 saturated carbocycles. The van der Waals surface area contributed by atoms with Gasteiger partial charge in [0.2, 0.25) is 0 Å². The van der Waals surface area contributed by atoms with Crippen LogP contribution in [0.3, 0.4) is 0 Å². The zero-order valence-corrected chi connectivity index (χ0v) is 14.2. The van der Waals surface area contributed by atoms with E-state index in [1.165, 1.54) is 77.5 Å². The van der Waals surface area contributed by atoms with Gasteiger partial charge < -0.3 is 10.6 Å². The molecule has 2 atom stereocenters. The summed E-state index contributed by atoms with van der Waals surface area (Å²) in [6.07, 6.45) is 10.9. The zero-order valence-electron chi connectivity index (χ0n) is 14.2. The lowest BCUT2D eigenvalue weighted by Gasteiger charge is -2.54. The van der Waals surface area contributed by atoms with Crippen LogP contribution >= 0.6 is 0 Å². The van der Waals surface area contributed by atoms with Crippen molar-refractivity contribution in [2.24, 2.45) is 11.1 Å². The van der Waals surface area contributed by atoms with Gasteiger partial charge in [-0.15, -0.1) is 0 Å². The van der Waals surface area contributed by atoms with Gasteiger partial charge in [-0.05, 0) is 63.6 Å². The molecule has 3 aliphatic heterocycles. The standard InChI is InChI=1S/C18H35N3/c1-3-17(4-2)7-12-21(13-8-17)18(15-19)9-11-20-10-5-6-16(20)14-18/h16H,3-15,19H2,1-2H3. The summed E-state index contributed by atoms with van der Waals surface area (Å²) in [5.74, 6) is 0. The van der Waals surface area contributed by atoms with Crippen LogP contribution in [-0.4, -0.2) is 54.1 Å². The van der Waals surface area contributed by atoms with Gasteiger partial charge >= 0.3 is 0 Å². The molecule has 3 aliphatic rings. The van der Waals surface area contributed by atoms with E-state index in [4.69, 9.17) is 5.73 Å². The SMILES string of the molecule is CCC1(CC)CCN(C2(CN)CCN3CCCC3C2)CC1. The molecule has 122 valence electrons. The van der Waals surface area contributed by atoms with Crippen molar-refractivity contribution in [3.05, 3.63) is 0 Å². The van der Waals surface area contributed by atoms with Crippen LogP contribution in [0, 0.1) is 5.41 Å². The van der Waals surface area contributed by atoms with Gasteiger partial charge in [0.25, 0.3) is 0 Å². The first-order chi connectivity index (χ1) is 10.2. The Hall–Kier alpha value is -0.120. The Morgan fingerprint density at radius 3 is 2.33 bits per heavy atom. The predicted octanol–water partition coefficient (Wildman–Crippen LogP) is 2.84. The van der Waals surface area contributed by atoms with Gasteiger partial charge in [-0.2, -0.15) is 0 Å². The number of hydrogen-bond acceptors (Lipinski definition) is 3. The number of fused-ring (bicyclic) bond motifs is 1. The molecule has 0 bridgehead atoms. The normalized spacial score (nSPS) is 37.6. The molecule has 3 saturated heterocycles. The Morgan fingerprint density at radius 2 is 1.71 bits per heavy atom. The van der Waals surface area contributed by atoms with Crippen LogP contribution < -0.4 is 5.73 Å². The molecular formula is C18H35N3. The number of likely N-dealkylation sites (tertiary alicyclic amines) is 1. The van der Waals surface area contributed by atoms with E-state index in [1.54, 1.807) is 0 Å². The highest BCUT2D eigenvalue weighted by atomic mass is 15.3. The van der Waals surface area contributed by atoms with Gasteiger partial charge in [-0.1, -0.05) is 26.7 Å². The summed E-state index contributed by atoms with van der Waals surface area (Å²) < 4.78 is 0. The first-order valence-corrected chi connectivity index (χ1v) is 9.36. The van der Waals surface area contributed by atoms with E-state index in [0.29, 0.717) is 11.0 Å². The second-order valence-corrected chi connectivity index (χ2v) is 7.91. The summed E-state index contributed by atoms with van der Waals surface area (Å²) in [6, 6.07) is 0.825. The summed E-state index contributed by atoms with van der Waals surface area (Å²) in [5.41, 5.74) is 7.27. The fraction of sp³-hybridized carbons (Fsp3) is 1.00. The maximum Gasteiger partial charge on any atom is 0.0358 e. The fourth-order valence-electron chi connectivity index (χ4n) is 5.33. The molecule has 3 fully saturated rings. The van der Waals surface area contributed by atoms with E-state index in [9.17, 15) is 0 Å². The fourth-order valence-corrected chi connectivity index (χ4v) is 5.33. The summed E-state index contributed by atoms with van der Waals surface area (Å²) in [7, 11) is 0. The first kappa shape index (κ1) is 15.8. The quantitative estimate of drug-likeness (QED) is 0.865. The lowest BCUT2D eigenvalue weighted by Crippen LogP contribution is -2.63. The Labute approximate surface area is 131 Å². The molecule has 0 aromatic rings. The highest BCUT2D eigenvalue weighted by Crippen LogP contribution is 2.43. The Balaban J connectivity index is 1.67. The predicted molar refractivity (Wildman–Crippen MR) is 89.4 cm³/mol. The summed E-state index contributed by atoms with van der Waals surface area (Å²) in [6.45, 7) is 10.8. The van der Waals surface area contributed by atoms with Crippen molar-refractivity contribution in [1.29, 1.82) is 0 Å². The van der Waals surface area contributed by atoms with Crippen molar-refractivity contribution in [2.45, 2.75) is 76.8 Å². The molecule has 0 radical (unpaired) electrons. The van der Waals surface area contributed by atoms with Crippen LogP contribution in [0.5, 0.6) is 0 Å². The van der Waals surface area contributed by atoms with E-state index >= 15 is 0 Å². The molecule has 0 aromatic carbocycles. The largest absolute Gasteiger partial charge is 0.329 e. The van der Waals surface area contributed by atoms with Gasteiger partial charge in [0.05, 0.1) is 0 Å². The van der Waals surface area contributed by atoms with Crippen molar-refractivity contribution in [1.82, 2.24) is 9.80 Å². The lowest BCUT2D eigenvalue weighted by molar-refractivity contribution is -0.0289. The Kier molecular flexibility index (Phi) is 4.63. The molecule has 3 heterocycles. The molecule has 2 unspecified atom stereocenters. The molecular weight excluding hydrogens is 258 g/mol. The van der Waals surface area contributed by atoms with Crippen molar-refractivity contribution in [3.63, 3.8) is 0 Å². The highest BCUT2D eigenvalue weighted by Gasteiger charge is 2.46. The maximum atomic E-state index is 6.32. The molecule has 0 amide bonds. The molecule has 2 N–H and O–H groups in total. The molecule has 3 heteroatoms. The number of nitrogens with two attached hydrogens (primary N) is 1. The monoisotopic (exact) mass is 293 g/mol. The Morgan fingerprint density at radius 1 is 1.00 bits per heavy atom. The summed E-state index contributed by atoms with van der Waals surface area (Å²) in [4.78, 5) is 5.52. The number of rotatable bonds is 4. The number of piperidine rings is 2. The second-order valence-electron chi connectivity index (χ2n) is 7.91. The van der Waals surface area contributed by atoms with Gasteiger partial charge in [-0.3, -0.25) is 4.90 Å². The Bertz CT molecular complexity index is 342. The smallest absolute Gasteiger partial charge is 0.0358 e. The minimum Gasteiger partial charge on any atom is -0.329 e. The van der Waals surface area contributed by atoms with Crippen molar-refractivity contribution < 1.29 is 0 Å². The van der Waals surface area contributed by atoms with Crippen LogP contribution in [-0.2, 0) is 0 Å². The van der Waals surface area contributed by atoms with Crippen LogP contribution in [0.4, 0.5) is 0 Å². The van der Waals surface area contributed by atoms with Gasteiger partial charge in [0.1, 0.15) is 0 Å². The van der Waals surface area contributed by atoms with Crippen LogP contribution in [0.2, 0.25) is 0 Å². The van der Waals surface area contributed by atoms with E-state index in [2.05, 4.69) is 23.6 Å². The minimum atomic E-state index is 0.319. The van der Waals surface area contributed by atoms with Crippen LogP contribution in [0.15, 0.2) is 0 Å². The van der Waals surface area contributed by atoms with E-state index in [-0.39, 0.29) is 0 Å². The number of nitrogens with zero attached hydrogens (tertiary/aromatic N) is 2. The summed E-state index contributed by atoms with van der Waals surface area (Å²) >= 11 is 0. The van der Waals surface area contributed by atoms with Crippen molar-refractivity contribution in [2.75, 3.05) is 32.7 Å². The summed E-state index contributed by atoms with van der Waals surface area (Å²) in [5, 5.41) is 0. The molecule has 0 aromatic heterocycles. The van der Waals surface area contributed by atoms with Crippen LogP contribution in [0.25, 0.3) is 0 Å². The molecule has 21 heavy (non-hydrogen) atoms. The number of hydrogen-bond donors (Lipinski definition) is 1. The van der Waals surface area contributed by atoms with Crippen molar-refractivity contribution >= 4 is 0 Å². The average molecular weight is 293 g/mol. The topological polar surface area (TPSA) is 32.5 Å². The molecule has 3 rings (SSSR count). The molecule has 0 spiro atoms. The molecule has 0 aliphatic carbocycles. The maximum absolute atomic E-state index is 6.32. The van der Waals surface area contributed by atoms with Crippen molar-refractivity contribution in [3.8, 4) is 0 Å². The third kappa shape index (κ3) is 2.77. The van der Waals surface area contributed by atoms with Gasteiger partial charge in [0, 0.05) is 24.7 Å². The van der Waals surface area contributed by atoms with E-state index < -0.39 is 0 Å². The average Bonchev–Trinajstić information content (AvgIpc) is 3.02. The minimum absolute atomic E-state index is 0.319. The van der Waals surface area contributed by atoms with E-state index in [0.717, 1.165) is 12.6 Å². The molecule has 3 nitrogen and oxygen atoms in total. The lowest BCUT2D eigenvalue weighted by atomic mass is 9.72. The van der Waals surface area contributed by atoms with Crippen LogP contribution in [0.1, 0.15) is 65.2 Å². The van der Waals surface area contributed by atoms with Gasteiger partial charge in [-0.25, -0.2) is 0 Å². The first-order valence-electron chi connectivity index (χ1n) is 9.36.